The van der Waals surface area contributed by atoms with Crippen LogP contribution in [0.4, 0.5) is 0 Å². The molecule has 0 fully saturated rings. The summed E-state index contributed by atoms with van der Waals surface area (Å²) in [6.45, 7) is 4.13. The molecule has 9 nitrogen and oxygen atoms in total. The number of carbonyl (C=O) groups is 2. The number of phosphoric ester groups is 1. The van der Waals surface area contributed by atoms with E-state index in [9.17, 15) is 19.0 Å². The van der Waals surface area contributed by atoms with Gasteiger partial charge in [0.15, 0.2) is 6.10 Å². The van der Waals surface area contributed by atoms with Gasteiger partial charge < -0.3 is 27.9 Å². The first-order valence-electron chi connectivity index (χ1n) is 19.7. The maximum atomic E-state index is 12.6. The van der Waals surface area contributed by atoms with Gasteiger partial charge in [0.05, 0.1) is 27.7 Å². The molecule has 50 heavy (non-hydrogen) atoms. The molecule has 0 aromatic rings. The standard InChI is InChI=1S/C40H74NO8P/c1-6-8-10-12-14-16-18-19-20-21-23-24-26-28-30-32-39(42)46-36-38(37-48-50(44,45)47-35-34-41(3,4)5)49-40(43)33-31-29-27-25-22-17-15-13-11-9-7-2/h14,16,19-20,23-24,38H,6-13,15,17-18,21-22,25-37H2,1-5H3/b16-14-,20-19-,24-23-/t38-/m1/s1. The second kappa shape index (κ2) is 33.1. The minimum Gasteiger partial charge on any atom is -0.756 e. The topological polar surface area (TPSA) is 111 Å². The van der Waals surface area contributed by atoms with Gasteiger partial charge in [-0.1, -0.05) is 127 Å². The molecule has 0 aliphatic carbocycles. The van der Waals surface area contributed by atoms with Crippen LogP contribution >= 0.6 is 7.82 Å². The predicted octanol–water partition coefficient (Wildman–Crippen LogP) is 9.94. The Hall–Kier alpha value is -1.77. The molecule has 0 aromatic carbocycles. The first-order valence-corrected chi connectivity index (χ1v) is 21.2. The molecule has 0 rings (SSSR count). The maximum absolute atomic E-state index is 12.6. The van der Waals surface area contributed by atoms with E-state index in [1.165, 1.54) is 64.2 Å². The van der Waals surface area contributed by atoms with Crippen LogP contribution in [0.2, 0.25) is 0 Å². The van der Waals surface area contributed by atoms with E-state index in [0.29, 0.717) is 23.9 Å². The van der Waals surface area contributed by atoms with Gasteiger partial charge in [0.2, 0.25) is 0 Å². The molecule has 0 aliphatic rings. The number of rotatable bonds is 35. The summed E-state index contributed by atoms with van der Waals surface area (Å²) in [5, 5.41) is 0. The molecule has 10 heteroatoms. The van der Waals surface area contributed by atoms with Crippen molar-refractivity contribution >= 4 is 19.8 Å². The zero-order chi connectivity index (χ0) is 37.2. The van der Waals surface area contributed by atoms with Gasteiger partial charge in [-0.15, -0.1) is 0 Å². The number of ether oxygens (including phenoxy) is 2. The minimum atomic E-state index is -4.62. The lowest BCUT2D eigenvalue weighted by Crippen LogP contribution is -2.37. The summed E-state index contributed by atoms with van der Waals surface area (Å²) in [5.41, 5.74) is 0. The molecule has 0 N–H and O–H groups in total. The zero-order valence-electron chi connectivity index (χ0n) is 32.6. The minimum absolute atomic E-state index is 0.0364. The predicted molar refractivity (Wildman–Crippen MR) is 204 cm³/mol. The van der Waals surface area contributed by atoms with Crippen molar-refractivity contribution in [3.05, 3.63) is 36.5 Å². The lowest BCUT2D eigenvalue weighted by atomic mass is 10.1. The van der Waals surface area contributed by atoms with Crippen LogP contribution in [0.25, 0.3) is 0 Å². The fraction of sp³-hybridized carbons (Fsp3) is 0.800. The van der Waals surface area contributed by atoms with Gasteiger partial charge in [0.1, 0.15) is 19.8 Å². The number of hydrogen-bond acceptors (Lipinski definition) is 8. The molecule has 0 amide bonds. The molecule has 0 saturated carbocycles. The van der Waals surface area contributed by atoms with Crippen molar-refractivity contribution in [1.29, 1.82) is 0 Å². The van der Waals surface area contributed by atoms with E-state index >= 15 is 0 Å². The summed E-state index contributed by atoms with van der Waals surface area (Å²) in [4.78, 5) is 37.3. The summed E-state index contributed by atoms with van der Waals surface area (Å²) in [5.74, 6) is -0.881. The van der Waals surface area contributed by atoms with Crippen LogP contribution in [0, 0.1) is 0 Å². The Bertz CT molecular complexity index is 959. The number of hydrogen-bond donors (Lipinski definition) is 0. The van der Waals surface area contributed by atoms with Crippen LogP contribution in [0.1, 0.15) is 155 Å². The Kier molecular flexibility index (Phi) is 31.9. The molecule has 0 heterocycles. The number of carbonyl (C=O) groups excluding carboxylic acids is 2. The van der Waals surface area contributed by atoms with Gasteiger partial charge >= 0.3 is 11.9 Å². The summed E-state index contributed by atoms with van der Waals surface area (Å²) in [7, 11) is 1.14. The van der Waals surface area contributed by atoms with E-state index in [0.717, 1.165) is 51.4 Å². The highest BCUT2D eigenvalue weighted by Gasteiger charge is 2.21. The number of nitrogens with zero attached hydrogens (tertiary/aromatic N) is 1. The zero-order valence-corrected chi connectivity index (χ0v) is 33.5. The van der Waals surface area contributed by atoms with Gasteiger partial charge in [0.25, 0.3) is 7.82 Å². The number of unbranched alkanes of at least 4 members (excludes halogenated alkanes) is 15. The van der Waals surface area contributed by atoms with Crippen molar-refractivity contribution in [2.45, 2.75) is 161 Å². The molecule has 0 spiro atoms. The fourth-order valence-electron chi connectivity index (χ4n) is 5.01. The van der Waals surface area contributed by atoms with Crippen molar-refractivity contribution in [3.8, 4) is 0 Å². The third-order valence-corrected chi connectivity index (χ3v) is 9.13. The van der Waals surface area contributed by atoms with Crippen LogP contribution in [0.15, 0.2) is 36.5 Å². The SMILES string of the molecule is CCCCC/C=C\C/C=C\C/C=C\CCCCC(=O)OC[C@H](COP(=O)([O-])OCC[N+](C)(C)C)OC(=O)CCCCCCCCCCCCC. The van der Waals surface area contributed by atoms with Crippen molar-refractivity contribution in [2.24, 2.45) is 0 Å². The average molecular weight is 728 g/mol. The summed E-state index contributed by atoms with van der Waals surface area (Å²) >= 11 is 0. The average Bonchev–Trinajstić information content (AvgIpc) is 3.06. The highest BCUT2D eigenvalue weighted by molar-refractivity contribution is 7.45. The van der Waals surface area contributed by atoms with E-state index in [4.69, 9.17) is 18.5 Å². The molecular formula is C40H74NO8P. The highest BCUT2D eigenvalue weighted by atomic mass is 31.2. The van der Waals surface area contributed by atoms with Crippen molar-refractivity contribution < 1.29 is 42.1 Å². The largest absolute Gasteiger partial charge is 0.756 e. The van der Waals surface area contributed by atoms with E-state index < -0.39 is 32.5 Å². The Morgan fingerprint density at radius 2 is 1.08 bits per heavy atom. The van der Waals surface area contributed by atoms with Gasteiger partial charge in [-0.2, -0.15) is 0 Å². The molecule has 0 saturated heterocycles. The third kappa shape index (κ3) is 36.0. The monoisotopic (exact) mass is 728 g/mol. The third-order valence-electron chi connectivity index (χ3n) is 8.16. The molecule has 2 atom stereocenters. The van der Waals surface area contributed by atoms with Crippen LogP contribution < -0.4 is 4.89 Å². The van der Waals surface area contributed by atoms with Crippen LogP contribution in [-0.2, 0) is 32.7 Å². The van der Waals surface area contributed by atoms with E-state index in [-0.39, 0.29) is 26.1 Å². The number of quaternary nitrogens is 1. The Morgan fingerprint density at radius 3 is 1.64 bits per heavy atom. The molecule has 0 aromatic heterocycles. The molecule has 1 unspecified atom stereocenters. The lowest BCUT2D eigenvalue weighted by Gasteiger charge is -2.28. The molecule has 0 aliphatic heterocycles. The van der Waals surface area contributed by atoms with E-state index in [1.807, 2.05) is 21.1 Å². The first kappa shape index (κ1) is 48.2. The van der Waals surface area contributed by atoms with E-state index in [1.54, 1.807) is 0 Å². The quantitative estimate of drug-likeness (QED) is 0.0209. The van der Waals surface area contributed by atoms with Gasteiger partial charge in [-0.3, -0.25) is 14.2 Å². The van der Waals surface area contributed by atoms with Gasteiger partial charge in [-0.25, -0.2) is 0 Å². The second-order valence-electron chi connectivity index (χ2n) is 14.3. The smallest absolute Gasteiger partial charge is 0.306 e. The summed E-state index contributed by atoms with van der Waals surface area (Å²) in [6, 6.07) is 0. The number of allylic oxidation sites excluding steroid dienone is 6. The highest BCUT2D eigenvalue weighted by Crippen LogP contribution is 2.38. The van der Waals surface area contributed by atoms with Crippen molar-refractivity contribution in [1.82, 2.24) is 0 Å². The fourth-order valence-corrected chi connectivity index (χ4v) is 5.74. The van der Waals surface area contributed by atoms with Crippen molar-refractivity contribution in [2.75, 3.05) is 47.5 Å². The van der Waals surface area contributed by atoms with Gasteiger partial charge in [-0.05, 0) is 51.4 Å². The van der Waals surface area contributed by atoms with Gasteiger partial charge in [0, 0.05) is 12.8 Å². The maximum Gasteiger partial charge on any atom is 0.306 e. The molecular weight excluding hydrogens is 653 g/mol. The second-order valence-corrected chi connectivity index (χ2v) is 15.7. The van der Waals surface area contributed by atoms with Crippen molar-refractivity contribution in [3.63, 3.8) is 0 Å². The first-order chi connectivity index (χ1) is 24.0. The summed E-state index contributed by atoms with van der Waals surface area (Å²) < 4.78 is 33.7. The lowest BCUT2D eigenvalue weighted by molar-refractivity contribution is -0.870. The Labute approximate surface area is 306 Å². The van der Waals surface area contributed by atoms with E-state index in [2.05, 4.69) is 50.3 Å². The van der Waals surface area contributed by atoms with Crippen LogP contribution in [0.3, 0.4) is 0 Å². The molecule has 0 radical (unpaired) electrons. The number of esters is 2. The van der Waals surface area contributed by atoms with Crippen LogP contribution in [-0.4, -0.2) is 70.0 Å². The Morgan fingerprint density at radius 1 is 0.620 bits per heavy atom. The number of phosphoric acid groups is 1. The normalized spacial score (nSPS) is 14.1. The summed E-state index contributed by atoms with van der Waals surface area (Å²) in [6.07, 6.45) is 34.6. The van der Waals surface area contributed by atoms with Crippen LogP contribution in [0.5, 0.6) is 0 Å². The molecule has 292 valence electrons. The Balaban J connectivity index is 4.49. The molecule has 0 bridgehead atoms. The number of likely N-dealkylation sites (N-methyl/N-ethyl adjacent to an activating group) is 1.